The van der Waals surface area contributed by atoms with E-state index in [9.17, 15) is 0 Å². The van der Waals surface area contributed by atoms with Gasteiger partial charge in [0, 0.05) is 5.70 Å². The van der Waals surface area contributed by atoms with Gasteiger partial charge in [0.25, 0.3) is 0 Å². The first-order valence-corrected chi connectivity index (χ1v) is 3.84. The molecule has 0 aliphatic rings. The van der Waals surface area contributed by atoms with Crippen molar-refractivity contribution in [1.29, 1.82) is 0 Å². The van der Waals surface area contributed by atoms with Crippen molar-refractivity contribution in [1.82, 2.24) is 5.32 Å². The van der Waals surface area contributed by atoms with E-state index >= 15 is 0 Å². The lowest BCUT2D eigenvalue weighted by atomic mass is 10.4. The van der Waals surface area contributed by atoms with E-state index in [2.05, 4.69) is 22.0 Å². The van der Waals surface area contributed by atoms with Gasteiger partial charge in [-0.15, -0.1) is 0 Å². The lowest BCUT2D eigenvalue weighted by Gasteiger charge is -2.05. The van der Waals surface area contributed by atoms with Crippen LogP contribution in [0.5, 0.6) is 0 Å². The molecule has 0 unspecified atom stereocenters. The average molecular weight is 168 g/mol. The Labute approximate surface area is 73.3 Å². The lowest BCUT2D eigenvalue weighted by Crippen LogP contribution is -2.19. The minimum absolute atomic E-state index is 0.545. The van der Waals surface area contributed by atoms with Gasteiger partial charge < -0.3 is 11.2 Å². The van der Waals surface area contributed by atoms with Crippen LogP contribution in [0.4, 0.5) is 0 Å². The fourth-order valence-electron chi connectivity index (χ4n) is 0.644. The third-order valence-electron chi connectivity index (χ3n) is 1.30. The Morgan fingerprint density at radius 1 is 1.50 bits per heavy atom. The Hall–Kier alpha value is -1.32. The zero-order valence-electron chi connectivity index (χ0n) is 7.89. The van der Waals surface area contributed by atoms with Crippen LogP contribution < -0.4 is 11.2 Å². The van der Waals surface area contributed by atoms with E-state index in [-0.39, 0.29) is 0 Å². The average Bonchev–Trinajstić information content (AvgIpc) is 2.03. The van der Waals surface area contributed by atoms with E-state index in [4.69, 9.17) is 5.84 Å². The molecular weight excluding hydrogens is 152 g/mol. The topological polar surface area (TPSA) is 62.8 Å². The predicted octanol–water partition coefficient (Wildman–Crippen LogP) is 1.21. The molecule has 0 heterocycles. The van der Waals surface area contributed by atoms with E-state index in [1.165, 1.54) is 0 Å². The monoisotopic (exact) mass is 168 g/mol. The number of amidine groups is 2. The molecule has 0 aromatic rings. The number of rotatable bonds is 2. The Morgan fingerprint density at radius 3 is 2.50 bits per heavy atom. The highest BCUT2D eigenvalue weighted by Crippen LogP contribution is 1.90. The van der Waals surface area contributed by atoms with Crippen LogP contribution in [0, 0.1) is 0 Å². The van der Waals surface area contributed by atoms with Gasteiger partial charge in [0.2, 0.25) is 0 Å². The number of nitrogens with two attached hydrogens (primary N) is 1. The molecule has 0 saturated carbocycles. The summed E-state index contributed by atoms with van der Waals surface area (Å²) in [6.07, 6.45) is 0.881. The van der Waals surface area contributed by atoms with E-state index in [0.717, 1.165) is 18.0 Å². The second-order valence-corrected chi connectivity index (χ2v) is 2.46. The van der Waals surface area contributed by atoms with Gasteiger partial charge in [-0.3, -0.25) is 0 Å². The van der Waals surface area contributed by atoms with Gasteiger partial charge in [0.15, 0.2) is 0 Å². The van der Waals surface area contributed by atoms with Gasteiger partial charge in [-0.25, -0.2) is 4.99 Å². The molecule has 68 valence electrons. The summed E-state index contributed by atoms with van der Waals surface area (Å²) in [5.41, 5.74) is 0.932. The molecule has 4 heteroatoms. The van der Waals surface area contributed by atoms with Crippen LogP contribution in [0.25, 0.3) is 0 Å². The summed E-state index contributed by atoms with van der Waals surface area (Å²) >= 11 is 0. The molecule has 0 spiro atoms. The van der Waals surface area contributed by atoms with Crippen molar-refractivity contribution in [2.24, 2.45) is 15.9 Å². The summed E-state index contributed by atoms with van der Waals surface area (Å²) < 4.78 is 0. The van der Waals surface area contributed by atoms with Crippen LogP contribution in [-0.2, 0) is 0 Å². The van der Waals surface area contributed by atoms with Crippen molar-refractivity contribution in [3.05, 3.63) is 12.3 Å². The van der Waals surface area contributed by atoms with Crippen LogP contribution in [0.1, 0.15) is 27.2 Å². The summed E-state index contributed by atoms with van der Waals surface area (Å²) in [4.78, 5) is 4.05. The molecule has 0 aromatic heterocycles. The standard InChI is InChI=1S/C8H16N4/c1-5-6(2)10-7(3)11-8(4)12-9/h2,5,9H2,1,3-4H3,(H,10,11,12). The van der Waals surface area contributed by atoms with Crippen LogP contribution in [-0.4, -0.2) is 11.7 Å². The fourth-order valence-corrected chi connectivity index (χ4v) is 0.644. The smallest absolute Gasteiger partial charge is 0.146 e. The molecule has 0 bridgehead atoms. The van der Waals surface area contributed by atoms with Gasteiger partial charge in [-0.1, -0.05) is 13.5 Å². The van der Waals surface area contributed by atoms with E-state index in [0.29, 0.717) is 5.84 Å². The maximum Gasteiger partial charge on any atom is 0.146 e. The zero-order chi connectivity index (χ0) is 9.56. The summed E-state index contributed by atoms with van der Waals surface area (Å²) in [5.74, 6) is 6.32. The molecule has 0 fully saturated rings. The maximum atomic E-state index is 5.01. The number of aliphatic imine (C=N–C) groups is 1. The first-order valence-electron chi connectivity index (χ1n) is 3.84. The highest BCUT2D eigenvalue weighted by molar-refractivity contribution is 5.95. The van der Waals surface area contributed by atoms with Crippen LogP contribution in [0.2, 0.25) is 0 Å². The van der Waals surface area contributed by atoms with E-state index < -0.39 is 0 Å². The molecule has 0 amide bonds. The Balaban J connectivity index is 4.11. The minimum Gasteiger partial charge on any atom is -0.348 e. The van der Waals surface area contributed by atoms with Gasteiger partial charge in [-0.05, 0) is 20.3 Å². The summed E-state index contributed by atoms with van der Waals surface area (Å²) in [7, 11) is 0. The second kappa shape index (κ2) is 5.35. The van der Waals surface area contributed by atoms with Gasteiger partial charge >= 0.3 is 0 Å². The molecule has 0 aliphatic carbocycles. The summed E-state index contributed by atoms with van der Waals surface area (Å²) in [6, 6.07) is 0. The van der Waals surface area contributed by atoms with Crippen molar-refractivity contribution in [2.75, 3.05) is 0 Å². The number of hydrogen-bond acceptors (Lipinski definition) is 2. The number of hydrazone groups is 1. The highest BCUT2D eigenvalue weighted by Gasteiger charge is 1.92. The molecule has 0 aliphatic heterocycles. The normalized spacial score (nSPS) is 12.9. The molecular formula is C8H16N4. The molecule has 0 saturated heterocycles. The third kappa shape index (κ3) is 4.49. The van der Waals surface area contributed by atoms with E-state index in [1.54, 1.807) is 6.92 Å². The van der Waals surface area contributed by atoms with Crippen molar-refractivity contribution < 1.29 is 0 Å². The molecule has 0 rings (SSSR count). The maximum absolute atomic E-state index is 5.01. The van der Waals surface area contributed by atoms with Crippen LogP contribution >= 0.6 is 0 Å². The molecule has 0 atom stereocenters. The largest absolute Gasteiger partial charge is 0.348 e. The Morgan fingerprint density at radius 2 is 2.08 bits per heavy atom. The molecule has 0 radical (unpaired) electrons. The van der Waals surface area contributed by atoms with Crippen LogP contribution in [0.15, 0.2) is 22.4 Å². The van der Waals surface area contributed by atoms with Gasteiger partial charge in [-0.2, -0.15) is 5.10 Å². The second-order valence-electron chi connectivity index (χ2n) is 2.46. The SMILES string of the molecule is C=C(CC)NC(C)=NC(C)=NN. The first kappa shape index (κ1) is 10.7. The fraction of sp³-hybridized carbons (Fsp3) is 0.500. The summed E-state index contributed by atoms with van der Waals surface area (Å²) in [5, 5.41) is 6.43. The molecule has 4 nitrogen and oxygen atoms in total. The Bertz CT molecular complexity index is 215. The Kier molecular flexibility index (Phi) is 4.76. The van der Waals surface area contributed by atoms with E-state index in [1.807, 2.05) is 13.8 Å². The van der Waals surface area contributed by atoms with Crippen molar-refractivity contribution in [2.45, 2.75) is 27.2 Å². The number of nitrogens with zero attached hydrogens (tertiary/aromatic N) is 2. The molecule has 12 heavy (non-hydrogen) atoms. The van der Waals surface area contributed by atoms with Crippen LogP contribution in [0.3, 0.4) is 0 Å². The summed E-state index contributed by atoms with van der Waals surface area (Å²) in [6.45, 7) is 9.38. The first-order chi connectivity index (χ1) is 5.60. The van der Waals surface area contributed by atoms with Crippen molar-refractivity contribution >= 4 is 11.7 Å². The number of nitrogens with one attached hydrogen (secondary N) is 1. The number of allylic oxidation sites excluding steroid dienone is 1. The lowest BCUT2D eigenvalue weighted by molar-refractivity contribution is 0.982. The zero-order valence-corrected chi connectivity index (χ0v) is 7.89. The highest BCUT2D eigenvalue weighted by atomic mass is 15.2. The quantitative estimate of drug-likeness (QED) is 0.282. The third-order valence-corrected chi connectivity index (χ3v) is 1.30. The predicted molar refractivity (Wildman–Crippen MR) is 53.0 cm³/mol. The van der Waals surface area contributed by atoms with Gasteiger partial charge in [0.1, 0.15) is 11.7 Å². The molecule has 3 N–H and O–H groups in total. The minimum atomic E-state index is 0.545. The molecule has 0 aromatic carbocycles. The van der Waals surface area contributed by atoms with Gasteiger partial charge in [0.05, 0.1) is 0 Å². The number of hydrogen-bond donors (Lipinski definition) is 2. The van der Waals surface area contributed by atoms with Crippen molar-refractivity contribution in [3.63, 3.8) is 0 Å². The van der Waals surface area contributed by atoms with Crippen molar-refractivity contribution in [3.8, 4) is 0 Å².